The number of aliphatic hydroxyl groups is 2. The van der Waals surface area contributed by atoms with Crippen molar-refractivity contribution in [3.05, 3.63) is 10.2 Å². The Balaban J connectivity index is 1.70. The highest BCUT2D eigenvalue weighted by molar-refractivity contribution is 14.1. The number of anilines is 1. The summed E-state index contributed by atoms with van der Waals surface area (Å²) in [6, 6.07) is 0.398. The summed E-state index contributed by atoms with van der Waals surface area (Å²) in [6.45, 7) is 0. The van der Waals surface area contributed by atoms with Crippen molar-refractivity contribution in [3.63, 3.8) is 0 Å². The lowest BCUT2D eigenvalue weighted by molar-refractivity contribution is -0.0291. The van der Waals surface area contributed by atoms with E-state index < -0.39 is 24.5 Å². The molecule has 1 aliphatic heterocycles. The van der Waals surface area contributed by atoms with Gasteiger partial charge >= 0.3 is 0 Å². The van der Waals surface area contributed by atoms with Gasteiger partial charge in [-0.05, 0) is 12.8 Å². The zero-order valence-corrected chi connectivity index (χ0v) is 16.3. The zero-order chi connectivity index (χ0) is 17.6. The second-order valence-electron chi connectivity index (χ2n) is 6.49. The first kappa shape index (κ1) is 17.7. The number of fused-ring (bicyclic) bond motifs is 1. The molecule has 0 unspecified atom stereocenters. The van der Waals surface area contributed by atoms with Crippen molar-refractivity contribution in [2.24, 2.45) is 0 Å². The topological polar surface area (TPSA) is 105 Å². The van der Waals surface area contributed by atoms with Crippen molar-refractivity contribution >= 4 is 51.2 Å². The average Bonchev–Trinajstić information content (AvgIpc) is 3.29. The SMILES string of the molecule is O[C@@H]1[C@H](O)[C@@H](CCl)O[C@H]1n1cnc2c(NC3CCCC3)nc(I)nc21. The van der Waals surface area contributed by atoms with Crippen LogP contribution in [0.5, 0.6) is 0 Å². The van der Waals surface area contributed by atoms with Gasteiger partial charge in [0.05, 0.1) is 12.2 Å². The molecule has 3 N–H and O–H groups in total. The van der Waals surface area contributed by atoms with Gasteiger partial charge < -0.3 is 20.3 Å². The first-order valence-electron chi connectivity index (χ1n) is 8.32. The second-order valence-corrected chi connectivity index (χ2v) is 7.77. The van der Waals surface area contributed by atoms with Crippen molar-refractivity contribution < 1.29 is 14.9 Å². The Kier molecular flexibility index (Phi) is 5.02. The lowest BCUT2D eigenvalue weighted by Gasteiger charge is -2.17. The van der Waals surface area contributed by atoms with Crippen LogP contribution in [0, 0.1) is 3.83 Å². The minimum absolute atomic E-state index is 0.0996. The molecule has 8 nitrogen and oxygen atoms in total. The molecule has 2 fully saturated rings. The molecule has 1 saturated heterocycles. The van der Waals surface area contributed by atoms with E-state index in [2.05, 4.69) is 42.9 Å². The molecule has 4 atom stereocenters. The Morgan fingerprint density at radius 3 is 2.72 bits per heavy atom. The first-order chi connectivity index (χ1) is 12.1. The van der Waals surface area contributed by atoms with E-state index in [4.69, 9.17) is 16.3 Å². The second kappa shape index (κ2) is 7.10. The van der Waals surface area contributed by atoms with Crippen molar-refractivity contribution in [2.75, 3.05) is 11.2 Å². The Morgan fingerprint density at radius 2 is 2.04 bits per heavy atom. The summed E-state index contributed by atoms with van der Waals surface area (Å²) in [4.78, 5) is 13.4. The summed E-state index contributed by atoms with van der Waals surface area (Å²) in [5, 5.41) is 23.8. The molecule has 2 aromatic rings. The van der Waals surface area contributed by atoms with E-state index in [9.17, 15) is 10.2 Å². The lowest BCUT2D eigenvalue weighted by atomic mass is 10.1. The highest BCUT2D eigenvalue weighted by atomic mass is 127. The maximum atomic E-state index is 10.3. The normalized spacial score (nSPS) is 30.4. The number of nitrogens with one attached hydrogen (secondary N) is 1. The highest BCUT2D eigenvalue weighted by Gasteiger charge is 2.44. The van der Waals surface area contributed by atoms with E-state index in [1.807, 2.05) is 0 Å². The third kappa shape index (κ3) is 3.20. The van der Waals surface area contributed by atoms with Crippen molar-refractivity contribution in [2.45, 2.75) is 56.3 Å². The molecule has 136 valence electrons. The van der Waals surface area contributed by atoms with Crippen LogP contribution in [0.2, 0.25) is 0 Å². The van der Waals surface area contributed by atoms with E-state index in [-0.39, 0.29) is 5.88 Å². The fraction of sp³-hybridized carbons (Fsp3) is 0.667. The van der Waals surface area contributed by atoms with Crippen LogP contribution in [-0.4, -0.2) is 60.0 Å². The quantitative estimate of drug-likeness (QED) is 0.348. The van der Waals surface area contributed by atoms with Crippen LogP contribution in [0.4, 0.5) is 5.82 Å². The van der Waals surface area contributed by atoms with Gasteiger partial charge in [-0.25, -0.2) is 15.0 Å². The van der Waals surface area contributed by atoms with Gasteiger partial charge in [0.25, 0.3) is 0 Å². The van der Waals surface area contributed by atoms with E-state index in [1.165, 1.54) is 12.8 Å². The Bertz CT molecular complexity index is 769. The Morgan fingerprint density at radius 1 is 1.28 bits per heavy atom. The molecule has 0 radical (unpaired) electrons. The van der Waals surface area contributed by atoms with E-state index in [1.54, 1.807) is 10.9 Å². The van der Waals surface area contributed by atoms with Gasteiger partial charge in [0.15, 0.2) is 27.0 Å². The first-order valence-corrected chi connectivity index (χ1v) is 9.94. The fourth-order valence-corrected chi connectivity index (χ4v) is 4.25. The molecule has 25 heavy (non-hydrogen) atoms. The number of halogens is 2. The van der Waals surface area contributed by atoms with Crippen LogP contribution < -0.4 is 5.32 Å². The Labute approximate surface area is 163 Å². The number of aliphatic hydroxyl groups excluding tert-OH is 2. The Hall–Kier alpha value is -0.750. The summed E-state index contributed by atoms with van der Waals surface area (Å²) < 4.78 is 7.92. The van der Waals surface area contributed by atoms with Gasteiger partial charge in [0.1, 0.15) is 18.3 Å². The largest absolute Gasteiger partial charge is 0.387 e. The maximum Gasteiger partial charge on any atom is 0.194 e. The molecule has 2 aliphatic rings. The summed E-state index contributed by atoms with van der Waals surface area (Å²) in [5.41, 5.74) is 1.19. The number of imidazole rings is 1. The molecule has 0 bridgehead atoms. The molecular weight excluding hydrogens is 461 g/mol. The number of rotatable bonds is 4. The fourth-order valence-electron chi connectivity index (χ4n) is 3.53. The lowest BCUT2D eigenvalue weighted by Crippen LogP contribution is -2.32. The average molecular weight is 480 g/mol. The van der Waals surface area contributed by atoms with Crippen molar-refractivity contribution in [1.82, 2.24) is 19.5 Å². The van der Waals surface area contributed by atoms with Crippen molar-refractivity contribution in [3.8, 4) is 0 Å². The number of alkyl halides is 1. The summed E-state index contributed by atoms with van der Waals surface area (Å²) in [6.07, 6.45) is 2.69. The number of nitrogens with zero attached hydrogens (tertiary/aromatic N) is 4. The number of hydrogen-bond acceptors (Lipinski definition) is 7. The molecular formula is C15H19ClIN5O3. The molecule has 0 aromatic carbocycles. The monoisotopic (exact) mass is 479 g/mol. The molecule has 0 amide bonds. The molecule has 4 rings (SSSR count). The van der Waals surface area contributed by atoms with Crippen LogP contribution in [0.15, 0.2) is 6.33 Å². The molecule has 2 aromatic heterocycles. The molecule has 1 aliphatic carbocycles. The van der Waals surface area contributed by atoms with Crippen LogP contribution in [0.1, 0.15) is 31.9 Å². The zero-order valence-electron chi connectivity index (χ0n) is 13.3. The van der Waals surface area contributed by atoms with Gasteiger partial charge in [-0.1, -0.05) is 12.8 Å². The van der Waals surface area contributed by atoms with E-state index in [0.29, 0.717) is 26.9 Å². The van der Waals surface area contributed by atoms with Gasteiger partial charge in [0, 0.05) is 28.6 Å². The molecule has 0 spiro atoms. The van der Waals surface area contributed by atoms with Gasteiger partial charge in [-0.2, -0.15) is 0 Å². The standard InChI is InChI=1S/C15H19ClIN5O3/c16-5-8-10(23)11(24)14(25-8)22-6-18-9-12(19-7-3-1-2-4-7)20-15(17)21-13(9)22/h6-8,10-11,14,23-24H,1-5H2,(H,19,20,21)/t8-,10-,11-,14-/m1/s1. The smallest absolute Gasteiger partial charge is 0.194 e. The highest BCUT2D eigenvalue weighted by Crippen LogP contribution is 2.33. The number of hydrogen-bond donors (Lipinski definition) is 3. The van der Waals surface area contributed by atoms with E-state index in [0.717, 1.165) is 12.8 Å². The minimum atomic E-state index is -1.10. The van der Waals surface area contributed by atoms with Gasteiger partial charge in [-0.15, -0.1) is 11.6 Å². The van der Waals surface area contributed by atoms with Gasteiger partial charge in [-0.3, -0.25) is 4.57 Å². The summed E-state index contributed by atoms with van der Waals surface area (Å²) >= 11 is 7.86. The molecule has 1 saturated carbocycles. The third-order valence-electron chi connectivity index (χ3n) is 4.85. The molecule has 3 heterocycles. The summed E-state index contributed by atoms with van der Waals surface area (Å²) in [5.74, 6) is 0.796. The predicted molar refractivity (Wildman–Crippen MR) is 101 cm³/mol. The maximum absolute atomic E-state index is 10.3. The third-order valence-corrected chi connectivity index (χ3v) is 5.64. The number of aromatic nitrogens is 4. The summed E-state index contributed by atoms with van der Waals surface area (Å²) in [7, 11) is 0. The van der Waals surface area contributed by atoms with Crippen molar-refractivity contribution in [1.29, 1.82) is 0 Å². The van der Waals surface area contributed by atoms with Gasteiger partial charge in [0.2, 0.25) is 0 Å². The van der Waals surface area contributed by atoms with Crippen LogP contribution >= 0.6 is 34.2 Å². The van der Waals surface area contributed by atoms with E-state index >= 15 is 0 Å². The van der Waals surface area contributed by atoms with Crippen LogP contribution in [0.3, 0.4) is 0 Å². The predicted octanol–water partition coefficient (Wildman–Crippen LogP) is 1.64. The minimum Gasteiger partial charge on any atom is -0.387 e. The number of ether oxygens (including phenoxy) is 1. The van der Waals surface area contributed by atoms with Crippen LogP contribution in [0.25, 0.3) is 11.2 Å². The van der Waals surface area contributed by atoms with Crippen LogP contribution in [-0.2, 0) is 4.74 Å². The molecule has 10 heteroatoms.